The van der Waals surface area contributed by atoms with Gasteiger partial charge in [0.05, 0.1) is 15.6 Å². The fourth-order valence-electron chi connectivity index (χ4n) is 2.73. The number of rotatable bonds is 6. The monoisotopic (exact) mass is 447 g/mol. The molecule has 0 aliphatic heterocycles. The molecule has 0 unspecified atom stereocenters. The van der Waals surface area contributed by atoms with E-state index in [9.17, 15) is 19.5 Å². The largest absolute Gasteiger partial charge is 0.478 e. The van der Waals surface area contributed by atoms with Crippen LogP contribution in [0, 0.1) is 12.8 Å². The number of aromatic carboxylic acids is 1. The number of carbonyl (C=O) groups excluding carboxylic acids is 2. The zero-order valence-electron chi connectivity index (χ0n) is 15.9. The summed E-state index contributed by atoms with van der Waals surface area (Å²) in [5, 5.41) is 15.6. The van der Waals surface area contributed by atoms with E-state index in [-0.39, 0.29) is 32.9 Å². The number of aryl methyl sites for hydroxylation is 1. The number of benzene rings is 1. The van der Waals surface area contributed by atoms with E-state index in [0.717, 1.165) is 22.5 Å². The number of hydrogen-bond donors (Lipinski definition) is 2. The quantitative estimate of drug-likeness (QED) is 0.439. The molecule has 1 amide bonds. The number of ketones is 1. The normalized spacial score (nSPS) is 10.9. The van der Waals surface area contributed by atoms with E-state index in [1.165, 1.54) is 11.3 Å². The Hall–Kier alpha value is -2.48. The van der Waals surface area contributed by atoms with E-state index in [1.807, 2.05) is 31.2 Å². The summed E-state index contributed by atoms with van der Waals surface area (Å²) in [4.78, 5) is 37.5. The molecule has 0 bridgehead atoms. The SMILES string of the molecule is Cc1ccc(-c2scc(NC(=O)c3scc(C(=O)C(C)C)c3Cl)c2C(=O)O)cc1. The molecule has 0 atom stereocenters. The molecule has 29 heavy (non-hydrogen) atoms. The molecule has 150 valence electrons. The molecule has 2 N–H and O–H groups in total. The van der Waals surface area contributed by atoms with Gasteiger partial charge in [-0.3, -0.25) is 9.59 Å². The molecule has 3 aromatic rings. The van der Waals surface area contributed by atoms with Crippen molar-refractivity contribution in [3.8, 4) is 10.4 Å². The number of carbonyl (C=O) groups is 3. The average Bonchev–Trinajstić information content (AvgIpc) is 3.25. The minimum Gasteiger partial charge on any atom is -0.478 e. The van der Waals surface area contributed by atoms with Crippen LogP contribution in [0.3, 0.4) is 0 Å². The van der Waals surface area contributed by atoms with Gasteiger partial charge >= 0.3 is 5.97 Å². The van der Waals surface area contributed by atoms with Crippen molar-refractivity contribution >= 4 is 57.6 Å². The number of Topliss-reactive ketones (excluding diaryl/α,β-unsaturated/α-hetero) is 1. The van der Waals surface area contributed by atoms with Gasteiger partial charge in [0.25, 0.3) is 5.91 Å². The molecule has 0 aliphatic carbocycles. The number of amides is 1. The van der Waals surface area contributed by atoms with Crippen LogP contribution in [0.15, 0.2) is 35.0 Å². The fraction of sp³-hybridized carbons (Fsp3) is 0.190. The lowest BCUT2D eigenvalue weighted by Gasteiger charge is -2.06. The minimum absolute atomic E-state index is 0.0263. The molecule has 3 rings (SSSR count). The summed E-state index contributed by atoms with van der Waals surface area (Å²) >= 11 is 8.56. The van der Waals surface area contributed by atoms with Gasteiger partial charge in [-0.05, 0) is 12.5 Å². The second-order valence-corrected chi connectivity index (χ2v) is 8.93. The third-order valence-electron chi connectivity index (χ3n) is 4.29. The predicted molar refractivity (Wildman–Crippen MR) is 118 cm³/mol. The second kappa shape index (κ2) is 8.49. The number of carboxylic acid groups (broad SMARTS) is 1. The van der Waals surface area contributed by atoms with Crippen molar-refractivity contribution in [1.29, 1.82) is 0 Å². The number of anilines is 1. The van der Waals surface area contributed by atoms with E-state index < -0.39 is 11.9 Å². The Kier molecular flexibility index (Phi) is 6.21. The minimum atomic E-state index is -1.13. The van der Waals surface area contributed by atoms with Crippen molar-refractivity contribution in [3.05, 3.63) is 61.6 Å². The predicted octanol–water partition coefficient (Wildman–Crippen LogP) is 6.23. The highest BCUT2D eigenvalue weighted by atomic mass is 35.5. The Morgan fingerprint density at radius 1 is 1.07 bits per heavy atom. The molecular formula is C21H18ClNO4S2. The Balaban J connectivity index is 1.93. The van der Waals surface area contributed by atoms with Crippen molar-refractivity contribution in [1.82, 2.24) is 0 Å². The first kappa shape index (κ1) is 21.2. The lowest BCUT2D eigenvalue weighted by atomic mass is 10.0. The maximum atomic E-state index is 12.7. The molecule has 2 heterocycles. The van der Waals surface area contributed by atoms with E-state index in [2.05, 4.69) is 5.32 Å². The summed E-state index contributed by atoms with van der Waals surface area (Å²) in [7, 11) is 0. The van der Waals surface area contributed by atoms with Crippen LogP contribution in [0.4, 0.5) is 5.69 Å². The van der Waals surface area contributed by atoms with Crippen LogP contribution in [-0.2, 0) is 0 Å². The van der Waals surface area contributed by atoms with Gasteiger partial charge in [-0.2, -0.15) is 0 Å². The number of hydrogen-bond acceptors (Lipinski definition) is 5. The molecule has 1 aromatic carbocycles. The van der Waals surface area contributed by atoms with Crippen LogP contribution in [-0.4, -0.2) is 22.8 Å². The molecule has 0 saturated carbocycles. The summed E-state index contributed by atoms with van der Waals surface area (Å²) in [5.41, 5.74) is 2.36. The van der Waals surface area contributed by atoms with E-state index in [4.69, 9.17) is 11.6 Å². The van der Waals surface area contributed by atoms with Crippen molar-refractivity contribution in [2.45, 2.75) is 20.8 Å². The summed E-state index contributed by atoms with van der Waals surface area (Å²) in [5.74, 6) is -2.07. The molecule has 0 saturated heterocycles. The number of halogens is 1. The maximum Gasteiger partial charge on any atom is 0.339 e. The molecule has 0 fully saturated rings. The fourth-order valence-corrected chi connectivity index (χ4v) is 5.01. The van der Waals surface area contributed by atoms with Crippen molar-refractivity contribution in [2.75, 3.05) is 5.32 Å². The number of thiophene rings is 2. The molecule has 0 spiro atoms. The van der Waals surface area contributed by atoms with Gasteiger partial charge in [-0.1, -0.05) is 55.3 Å². The Bertz CT molecular complexity index is 1100. The molecule has 2 aromatic heterocycles. The van der Waals surface area contributed by atoms with Crippen molar-refractivity contribution < 1.29 is 19.5 Å². The van der Waals surface area contributed by atoms with E-state index >= 15 is 0 Å². The lowest BCUT2D eigenvalue weighted by molar-refractivity contribution is 0.0699. The Morgan fingerprint density at radius 3 is 2.31 bits per heavy atom. The van der Waals surface area contributed by atoms with Gasteiger partial charge < -0.3 is 10.4 Å². The summed E-state index contributed by atoms with van der Waals surface area (Å²) in [6, 6.07) is 7.49. The van der Waals surface area contributed by atoms with Crippen molar-refractivity contribution in [2.24, 2.45) is 5.92 Å². The number of carboxylic acids is 1. The molecule has 0 aliphatic rings. The van der Waals surface area contributed by atoms with Gasteiger partial charge in [0.2, 0.25) is 0 Å². The van der Waals surface area contributed by atoms with Crippen LogP contribution in [0.1, 0.15) is 49.8 Å². The molecular weight excluding hydrogens is 430 g/mol. The van der Waals surface area contributed by atoms with Gasteiger partial charge in [0.15, 0.2) is 5.78 Å². The molecule has 5 nitrogen and oxygen atoms in total. The van der Waals surface area contributed by atoms with Crippen LogP contribution < -0.4 is 5.32 Å². The smallest absolute Gasteiger partial charge is 0.339 e. The Morgan fingerprint density at radius 2 is 1.72 bits per heavy atom. The Labute approximate surface area is 181 Å². The lowest BCUT2D eigenvalue weighted by Crippen LogP contribution is -2.14. The second-order valence-electron chi connectivity index (χ2n) is 6.79. The van der Waals surface area contributed by atoms with Crippen LogP contribution in [0.25, 0.3) is 10.4 Å². The third-order valence-corrected chi connectivity index (χ3v) is 6.81. The molecule has 8 heteroatoms. The third kappa shape index (κ3) is 4.27. The highest BCUT2D eigenvalue weighted by Gasteiger charge is 2.25. The van der Waals surface area contributed by atoms with Crippen LogP contribution in [0.2, 0.25) is 5.02 Å². The summed E-state index contributed by atoms with van der Waals surface area (Å²) < 4.78 is 0. The highest BCUT2D eigenvalue weighted by molar-refractivity contribution is 7.15. The molecule has 0 radical (unpaired) electrons. The average molecular weight is 448 g/mol. The standard InChI is InChI=1S/C21H18ClNO4S2/c1-10(2)17(24)13-8-28-19(16(13)22)20(25)23-14-9-29-18(15(14)21(26)27)12-6-4-11(3)5-7-12/h4-10H,1-3H3,(H,23,25)(H,26,27). The highest BCUT2D eigenvalue weighted by Crippen LogP contribution is 2.37. The van der Waals surface area contributed by atoms with Crippen LogP contribution in [0.5, 0.6) is 0 Å². The first-order chi connectivity index (χ1) is 13.7. The van der Waals surface area contributed by atoms with Gasteiger partial charge in [-0.15, -0.1) is 22.7 Å². The van der Waals surface area contributed by atoms with Crippen molar-refractivity contribution in [3.63, 3.8) is 0 Å². The van der Waals surface area contributed by atoms with Gasteiger partial charge in [0.1, 0.15) is 10.4 Å². The topological polar surface area (TPSA) is 83.5 Å². The number of nitrogens with one attached hydrogen (secondary N) is 1. The zero-order valence-corrected chi connectivity index (χ0v) is 18.3. The zero-order chi connectivity index (χ0) is 21.3. The van der Waals surface area contributed by atoms with E-state index in [0.29, 0.717) is 10.4 Å². The maximum absolute atomic E-state index is 12.7. The van der Waals surface area contributed by atoms with Gasteiger partial charge in [0, 0.05) is 22.2 Å². The summed E-state index contributed by atoms with van der Waals surface area (Å²) in [6.07, 6.45) is 0. The van der Waals surface area contributed by atoms with E-state index in [1.54, 1.807) is 24.6 Å². The van der Waals surface area contributed by atoms with Crippen LogP contribution >= 0.6 is 34.3 Å². The first-order valence-corrected chi connectivity index (χ1v) is 10.9. The van der Waals surface area contributed by atoms with Gasteiger partial charge in [-0.25, -0.2) is 4.79 Å². The summed E-state index contributed by atoms with van der Waals surface area (Å²) in [6.45, 7) is 5.46. The first-order valence-electron chi connectivity index (χ1n) is 8.75.